The minimum atomic E-state index is -4.90. The fraction of sp³-hybridized carbons (Fsp3) is 0.818. The van der Waals surface area contributed by atoms with Crippen LogP contribution in [0.1, 0.15) is 32.1 Å². The number of halogens is 3. The van der Waals surface area contributed by atoms with Gasteiger partial charge in [-0.1, -0.05) is 19.3 Å². The lowest BCUT2D eigenvalue weighted by molar-refractivity contribution is -0.186. The lowest BCUT2D eigenvalue weighted by atomic mass is 9.84. The molecule has 0 aliphatic heterocycles. The van der Waals surface area contributed by atoms with Crippen LogP contribution in [-0.2, 0) is 4.79 Å². The van der Waals surface area contributed by atoms with Gasteiger partial charge < -0.3 is 4.90 Å². The lowest BCUT2D eigenvalue weighted by Gasteiger charge is -2.32. The summed E-state index contributed by atoms with van der Waals surface area (Å²) in [5.41, 5.74) is 0. The Kier molecular flexibility index (Phi) is 4.38. The number of alkyl halides is 3. The van der Waals surface area contributed by atoms with Crippen molar-refractivity contribution in [3.8, 4) is 6.07 Å². The SMILES string of the molecule is CN(C(=O)C(F)(F)F)C(C#N)C1CCCCC1. The largest absolute Gasteiger partial charge is 0.471 e. The van der Waals surface area contributed by atoms with Gasteiger partial charge in [0.2, 0.25) is 0 Å². The Balaban J connectivity index is 2.73. The number of amides is 1. The molecule has 0 spiro atoms. The molecule has 1 aliphatic rings. The number of carbonyl (C=O) groups is 1. The zero-order valence-corrected chi connectivity index (χ0v) is 9.63. The van der Waals surface area contributed by atoms with Crippen molar-refractivity contribution < 1.29 is 18.0 Å². The lowest BCUT2D eigenvalue weighted by Crippen LogP contribution is -2.47. The second-order valence-electron chi connectivity index (χ2n) is 4.39. The highest BCUT2D eigenvalue weighted by atomic mass is 19.4. The molecule has 0 aromatic carbocycles. The van der Waals surface area contributed by atoms with E-state index in [1.807, 2.05) is 6.07 Å². The average molecular weight is 248 g/mol. The van der Waals surface area contributed by atoms with Crippen LogP contribution >= 0.6 is 0 Å². The summed E-state index contributed by atoms with van der Waals surface area (Å²) in [6.07, 6.45) is -0.598. The van der Waals surface area contributed by atoms with E-state index >= 15 is 0 Å². The van der Waals surface area contributed by atoms with Gasteiger partial charge in [0.25, 0.3) is 0 Å². The molecule has 0 bridgehead atoms. The van der Waals surface area contributed by atoms with Crippen LogP contribution in [0.25, 0.3) is 0 Å². The summed E-state index contributed by atoms with van der Waals surface area (Å²) in [5.74, 6) is -2.07. The Morgan fingerprint density at radius 3 is 2.29 bits per heavy atom. The van der Waals surface area contributed by atoms with Gasteiger partial charge >= 0.3 is 12.1 Å². The number of carbonyl (C=O) groups excluding carboxylic acids is 1. The summed E-state index contributed by atoms with van der Waals surface area (Å²) in [6.45, 7) is 0. The van der Waals surface area contributed by atoms with E-state index in [1.165, 1.54) is 0 Å². The zero-order chi connectivity index (χ0) is 13.1. The second kappa shape index (κ2) is 5.39. The summed E-state index contributed by atoms with van der Waals surface area (Å²) in [6, 6.07) is 0.862. The fourth-order valence-corrected chi connectivity index (χ4v) is 2.28. The first-order valence-corrected chi connectivity index (χ1v) is 5.61. The van der Waals surface area contributed by atoms with Crippen LogP contribution in [0.5, 0.6) is 0 Å². The monoisotopic (exact) mass is 248 g/mol. The van der Waals surface area contributed by atoms with Crippen molar-refractivity contribution >= 4 is 5.91 Å². The first-order valence-electron chi connectivity index (χ1n) is 5.61. The van der Waals surface area contributed by atoms with Gasteiger partial charge in [-0.15, -0.1) is 0 Å². The van der Waals surface area contributed by atoms with Gasteiger partial charge in [-0.2, -0.15) is 18.4 Å². The molecule has 0 aromatic rings. The predicted octanol–water partition coefficient (Wildman–Crippen LogP) is 2.48. The molecule has 1 rings (SSSR count). The molecular formula is C11H15F3N2O. The molecule has 3 nitrogen and oxygen atoms in total. The number of nitriles is 1. The van der Waals surface area contributed by atoms with Crippen LogP contribution in [0.4, 0.5) is 13.2 Å². The van der Waals surface area contributed by atoms with E-state index in [2.05, 4.69) is 0 Å². The molecule has 6 heteroatoms. The Labute approximate surface area is 98.2 Å². The van der Waals surface area contributed by atoms with Crippen molar-refractivity contribution in [2.75, 3.05) is 7.05 Å². The van der Waals surface area contributed by atoms with E-state index in [1.54, 1.807) is 0 Å². The standard InChI is InChI=1S/C11H15F3N2O/c1-16(10(17)11(12,13)14)9(7-15)8-5-3-2-4-6-8/h8-9H,2-6H2,1H3. The number of hydrogen-bond donors (Lipinski definition) is 0. The quantitative estimate of drug-likeness (QED) is 0.753. The maximum absolute atomic E-state index is 12.3. The molecule has 1 atom stereocenters. The predicted molar refractivity (Wildman–Crippen MR) is 54.8 cm³/mol. The normalized spacial score (nSPS) is 19.5. The minimum absolute atomic E-state index is 0.134. The van der Waals surface area contributed by atoms with Crippen LogP contribution < -0.4 is 0 Å². The maximum atomic E-state index is 12.3. The molecule has 0 saturated heterocycles. The van der Waals surface area contributed by atoms with Crippen molar-refractivity contribution in [1.29, 1.82) is 5.26 Å². The van der Waals surface area contributed by atoms with E-state index in [0.717, 1.165) is 26.3 Å². The van der Waals surface area contributed by atoms with Crippen LogP contribution in [0.15, 0.2) is 0 Å². The van der Waals surface area contributed by atoms with Crippen molar-refractivity contribution in [2.24, 2.45) is 5.92 Å². The van der Waals surface area contributed by atoms with Gasteiger partial charge in [0.15, 0.2) is 0 Å². The molecular weight excluding hydrogens is 233 g/mol. The Bertz CT molecular complexity index is 316. The van der Waals surface area contributed by atoms with Crippen LogP contribution in [-0.4, -0.2) is 30.1 Å². The average Bonchev–Trinajstić information content (AvgIpc) is 2.29. The van der Waals surface area contributed by atoms with Gasteiger partial charge in [-0.3, -0.25) is 4.79 Å². The fourth-order valence-electron chi connectivity index (χ4n) is 2.28. The van der Waals surface area contributed by atoms with Gasteiger partial charge in [-0.25, -0.2) is 0 Å². The van der Waals surface area contributed by atoms with Gasteiger partial charge in [0.1, 0.15) is 6.04 Å². The van der Waals surface area contributed by atoms with E-state index in [0.29, 0.717) is 17.7 Å². The molecule has 17 heavy (non-hydrogen) atoms. The highest BCUT2D eigenvalue weighted by Gasteiger charge is 2.44. The van der Waals surface area contributed by atoms with E-state index in [-0.39, 0.29) is 5.92 Å². The summed E-state index contributed by atoms with van der Waals surface area (Å²) in [4.78, 5) is 11.6. The molecule has 1 aliphatic carbocycles. The third-order valence-corrected chi connectivity index (χ3v) is 3.21. The van der Waals surface area contributed by atoms with Crippen LogP contribution in [0.2, 0.25) is 0 Å². The Morgan fingerprint density at radius 2 is 1.88 bits per heavy atom. The summed E-state index contributed by atoms with van der Waals surface area (Å²) in [7, 11) is 1.05. The van der Waals surface area contributed by atoms with Gasteiger partial charge in [0.05, 0.1) is 6.07 Å². The third kappa shape index (κ3) is 3.35. The molecule has 1 unspecified atom stereocenters. The zero-order valence-electron chi connectivity index (χ0n) is 9.63. The Hall–Kier alpha value is -1.25. The first-order chi connectivity index (χ1) is 7.88. The van der Waals surface area contributed by atoms with Crippen molar-refractivity contribution in [1.82, 2.24) is 4.90 Å². The second-order valence-corrected chi connectivity index (χ2v) is 4.39. The Morgan fingerprint density at radius 1 is 1.35 bits per heavy atom. The highest BCUT2D eigenvalue weighted by molar-refractivity contribution is 5.82. The maximum Gasteiger partial charge on any atom is 0.471 e. The number of hydrogen-bond acceptors (Lipinski definition) is 2. The topological polar surface area (TPSA) is 44.1 Å². The first kappa shape index (κ1) is 13.8. The molecule has 0 heterocycles. The van der Waals surface area contributed by atoms with Gasteiger partial charge in [-0.05, 0) is 18.8 Å². The molecule has 0 aromatic heterocycles. The van der Waals surface area contributed by atoms with Crippen molar-refractivity contribution in [2.45, 2.75) is 44.3 Å². The number of nitrogens with zero attached hydrogens (tertiary/aromatic N) is 2. The smallest absolute Gasteiger partial charge is 0.322 e. The number of rotatable bonds is 2. The van der Waals surface area contributed by atoms with E-state index in [9.17, 15) is 18.0 Å². The molecule has 0 N–H and O–H groups in total. The minimum Gasteiger partial charge on any atom is -0.322 e. The highest BCUT2D eigenvalue weighted by Crippen LogP contribution is 2.30. The van der Waals surface area contributed by atoms with Crippen LogP contribution in [0, 0.1) is 17.2 Å². The van der Waals surface area contributed by atoms with E-state index < -0.39 is 18.1 Å². The summed E-state index contributed by atoms with van der Waals surface area (Å²) in [5, 5.41) is 8.95. The molecule has 1 saturated carbocycles. The molecule has 1 fully saturated rings. The van der Waals surface area contributed by atoms with Gasteiger partial charge in [0, 0.05) is 7.05 Å². The van der Waals surface area contributed by atoms with Crippen molar-refractivity contribution in [3.63, 3.8) is 0 Å². The molecule has 0 radical (unpaired) electrons. The third-order valence-electron chi connectivity index (χ3n) is 3.21. The van der Waals surface area contributed by atoms with E-state index in [4.69, 9.17) is 5.26 Å². The summed E-state index contributed by atoms with van der Waals surface area (Å²) >= 11 is 0. The molecule has 1 amide bonds. The van der Waals surface area contributed by atoms with Crippen LogP contribution in [0.3, 0.4) is 0 Å². The van der Waals surface area contributed by atoms with Crippen molar-refractivity contribution in [3.05, 3.63) is 0 Å². The summed E-state index contributed by atoms with van der Waals surface area (Å²) < 4.78 is 36.8. The molecule has 96 valence electrons.